The highest BCUT2D eigenvalue weighted by Gasteiger charge is 2.46. The van der Waals surface area contributed by atoms with Crippen molar-refractivity contribution in [2.75, 3.05) is 25.5 Å². The zero-order valence-corrected chi connectivity index (χ0v) is 19.9. The van der Waals surface area contributed by atoms with Gasteiger partial charge in [-0.05, 0) is 0 Å². The maximum atomic E-state index is 12.2. The molecule has 4 heterocycles. The van der Waals surface area contributed by atoms with Crippen molar-refractivity contribution in [2.45, 2.75) is 42.8 Å². The second kappa shape index (κ2) is 10.1. The summed E-state index contributed by atoms with van der Waals surface area (Å²) in [6, 6.07) is -0.941. The molecule has 2 aromatic rings. The van der Waals surface area contributed by atoms with E-state index in [2.05, 4.69) is 33.6 Å². The standard InChI is InChI=1S/C15H24N6O13P2/c16-15-19-12-8(13(26)20-15)18-4-21(12)14-11(25)10(24)7(33-14)3-32-36(29,30)34-35(27,28)31-2-5-9(23)6(22)1-17-5/h4-7,9-11,14,17,22-25H,1-3H2,(H,27,28)(H,29,30)(H3,16,19,20,26)/t5-,6+,7?,9-,10+,11+,14+/m0/s1. The lowest BCUT2D eigenvalue weighted by molar-refractivity contribution is -0.0504. The summed E-state index contributed by atoms with van der Waals surface area (Å²) in [5, 5.41) is 42.4. The summed E-state index contributed by atoms with van der Waals surface area (Å²) in [4.78, 5) is 41.5. The Morgan fingerprint density at radius 1 is 1.11 bits per heavy atom. The SMILES string of the molecule is Nc1nc2c(ncn2[C@@H]2OC(COP(=O)(O)OP(=O)(O)OC[C@@H]3NC[C@@H](O)[C@H]3O)[C@@H](O)[C@H]2O)c(=O)[nH]1. The number of nitrogens with one attached hydrogen (secondary N) is 2. The Kier molecular flexibility index (Phi) is 7.67. The van der Waals surface area contributed by atoms with Gasteiger partial charge in [0.05, 0.1) is 37.8 Å². The molecule has 10 N–H and O–H groups in total. The average molecular weight is 558 g/mol. The van der Waals surface area contributed by atoms with Gasteiger partial charge in [0.25, 0.3) is 5.56 Å². The fourth-order valence-electron chi connectivity index (χ4n) is 3.68. The summed E-state index contributed by atoms with van der Waals surface area (Å²) in [7, 11) is -10.4. The van der Waals surface area contributed by atoms with Crippen LogP contribution in [-0.4, -0.2) is 106 Å². The Morgan fingerprint density at radius 3 is 2.42 bits per heavy atom. The molecule has 2 aliphatic rings. The quantitative estimate of drug-likeness (QED) is 0.134. The molecule has 2 saturated heterocycles. The summed E-state index contributed by atoms with van der Waals surface area (Å²) in [6.45, 7) is -1.54. The maximum absolute atomic E-state index is 12.2. The number of imidazole rings is 1. The van der Waals surface area contributed by atoms with Gasteiger partial charge in [0.1, 0.15) is 18.3 Å². The third kappa shape index (κ3) is 5.68. The minimum atomic E-state index is -5.27. The van der Waals surface area contributed by atoms with Crippen LogP contribution in [-0.2, 0) is 27.2 Å². The van der Waals surface area contributed by atoms with Gasteiger partial charge in [0.15, 0.2) is 17.4 Å². The van der Waals surface area contributed by atoms with Gasteiger partial charge in [-0.15, -0.1) is 0 Å². The Labute approximate surface area is 200 Å². The number of aromatic amines is 1. The fraction of sp³-hybridized carbons (Fsp3) is 0.667. The number of aliphatic hydroxyl groups excluding tert-OH is 4. The molecule has 0 amide bonds. The van der Waals surface area contributed by atoms with Crippen LogP contribution in [0.3, 0.4) is 0 Å². The van der Waals surface area contributed by atoms with Crippen molar-refractivity contribution in [1.82, 2.24) is 24.8 Å². The molecule has 36 heavy (non-hydrogen) atoms. The van der Waals surface area contributed by atoms with Gasteiger partial charge >= 0.3 is 15.6 Å². The van der Waals surface area contributed by atoms with Gasteiger partial charge in [0, 0.05) is 6.54 Å². The van der Waals surface area contributed by atoms with E-state index in [0.717, 1.165) is 10.9 Å². The highest BCUT2D eigenvalue weighted by atomic mass is 31.3. The molecule has 3 unspecified atom stereocenters. The lowest BCUT2D eigenvalue weighted by atomic mass is 10.1. The van der Waals surface area contributed by atoms with Crippen LogP contribution >= 0.6 is 15.6 Å². The van der Waals surface area contributed by atoms with Crippen LogP contribution in [0.15, 0.2) is 11.1 Å². The largest absolute Gasteiger partial charge is 0.481 e. The number of nitrogens with two attached hydrogens (primary N) is 1. The first-order valence-corrected chi connectivity index (χ1v) is 13.3. The Balaban J connectivity index is 1.36. The number of ether oxygens (including phenoxy) is 1. The highest BCUT2D eigenvalue weighted by Crippen LogP contribution is 2.60. The number of phosphoric ester groups is 2. The number of hydrogen-bond donors (Lipinski definition) is 9. The molecule has 0 saturated carbocycles. The molecular weight excluding hydrogens is 534 g/mol. The van der Waals surface area contributed by atoms with Crippen LogP contribution in [0.1, 0.15) is 6.23 Å². The van der Waals surface area contributed by atoms with Crippen molar-refractivity contribution in [3.63, 3.8) is 0 Å². The molecule has 2 aromatic heterocycles. The van der Waals surface area contributed by atoms with Gasteiger partial charge < -0.3 is 46.0 Å². The van der Waals surface area contributed by atoms with Gasteiger partial charge in [-0.2, -0.15) is 9.29 Å². The number of H-pyrrole nitrogens is 1. The summed E-state index contributed by atoms with van der Waals surface area (Å²) in [6.07, 6.45) is -7.44. The zero-order valence-electron chi connectivity index (χ0n) is 18.1. The van der Waals surface area contributed by atoms with E-state index in [0.29, 0.717) is 0 Å². The molecule has 0 bridgehead atoms. The third-order valence-electron chi connectivity index (χ3n) is 5.48. The molecule has 21 heteroatoms. The summed E-state index contributed by atoms with van der Waals surface area (Å²) in [5.74, 6) is -0.245. The first-order chi connectivity index (χ1) is 16.8. The number of hydrogen-bond acceptors (Lipinski definition) is 15. The van der Waals surface area contributed by atoms with E-state index in [-0.39, 0.29) is 23.7 Å². The minimum Gasteiger partial charge on any atom is -0.389 e. The fourth-order valence-corrected chi connectivity index (χ4v) is 5.79. The van der Waals surface area contributed by atoms with Crippen LogP contribution in [0.2, 0.25) is 0 Å². The number of fused-ring (bicyclic) bond motifs is 1. The average Bonchev–Trinajstić information content (AvgIpc) is 3.42. The Morgan fingerprint density at radius 2 is 1.78 bits per heavy atom. The van der Waals surface area contributed by atoms with Gasteiger partial charge in [-0.3, -0.25) is 23.4 Å². The highest BCUT2D eigenvalue weighted by molar-refractivity contribution is 7.61. The predicted octanol–water partition coefficient (Wildman–Crippen LogP) is -3.73. The number of β-amino-alcohol motifs (C(OH)–C–C–N with tert-alkyl or cyclic N) is 1. The van der Waals surface area contributed by atoms with Crippen LogP contribution in [0.4, 0.5) is 5.95 Å². The molecule has 0 aliphatic carbocycles. The normalized spacial score (nSPS) is 34.1. The number of nitrogen functional groups attached to an aromatic ring is 1. The second-order valence-corrected chi connectivity index (χ2v) is 11.0. The summed E-state index contributed by atoms with van der Waals surface area (Å²) >= 11 is 0. The van der Waals surface area contributed by atoms with Crippen LogP contribution in [0, 0.1) is 0 Å². The van der Waals surface area contributed by atoms with Gasteiger partial charge in [0.2, 0.25) is 5.95 Å². The first kappa shape index (κ1) is 27.2. The van der Waals surface area contributed by atoms with Crippen LogP contribution in [0.25, 0.3) is 11.2 Å². The van der Waals surface area contributed by atoms with Crippen molar-refractivity contribution in [3.8, 4) is 0 Å². The number of rotatable bonds is 9. The van der Waals surface area contributed by atoms with Crippen molar-refractivity contribution < 1.29 is 57.4 Å². The topological polar surface area (TPSA) is 294 Å². The van der Waals surface area contributed by atoms with E-state index in [4.69, 9.17) is 10.5 Å². The molecule has 0 aromatic carbocycles. The van der Waals surface area contributed by atoms with E-state index < -0.39 is 77.2 Å². The van der Waals surface area contributed by atoms with Crippen molar-refractivity contribution >= 4 is 32.8 Å². The van der Waals surface area contributed by atoms with E-state index in [1.165, 1.54) is 0 Å². The minimum absolute atomic E-state index is 0.00123. The van der Waals surface area contributed by atoms with E-state index in [1.54, 1.807) is 0 Å². The number of aliphatic hydroxyl groups is 4. The monoisotopic (exact) mass is 558 g/mol. The zero-order chi connectivity index (χ0) is 26.4. The second-order valence-electron chi connectivity index (χ2n) is 8.00. The number of aromatic nitrogens is 4. The van der Waals surface area contributed by atoms with Crippen molar-refractivity contribution in [1.29, 1.82) is 0 Å². The van der Waals surface area contributed by atoms with Gasteiger partial charge in [-0.25, -0.2) is 14.1 Å². The summed E-state index contributed by atoms with van der Waals surface area (Å²) < 4.78 is 44.2. The molecule has 2 fully saturated rings. The molecular formula is C15H24N6O13P2. The Hall–Kier alpha value is -1.83. The van der Waals surface area contributed by atoms with E-state index in [1.807, 2.05) is 0 Å². The Bertz CT molecular complexity index is 1260. The number of nitrogens with zero attached hydrogens (tertiary/aromatic N) is 3. The number of anilines is 1. The third-order valence-corrected chi connectivity index (χ3v) is 8.08. The van der Waals surface area contributed by atoms with Crippen LogP contribution in [0.5, 0.6) is 0 Å². The maximum Gasteiger partial charge on any atom is 0.481 e. The van der Waals surface area contributed by atoms with Gasteiger partial charge in [-0.1, -0.05) is 0 Å². The van der Waals surface area contributed by atoms with Crippen LogP contribution < -0.4 is 16.6 Å². The molecule has 2 aliphatic heterocycles. The van der Waals surface area contributed by atoms with Crippen molar-refractivity contribution in [2.24, 2.45) is 0 Å². The van der Waals surface area contributed by atoms with Crippen molar-refractivity contribution in [3.05, 3.63) is 16.7 Å². The predicted molar refractivity (Wildman–Crippen MR) is 115 cm³/mol. The lowest BCUT2D eigenvalue weighted by Crippen LogP contribution is -2.36. The molecule has 19 nitrogen and oxygen atoms in total. The molecule has 0 radical (unpaired) electrons. The molecule has 0 spiro atoms. The summed E-state index contributed by atoms with van der Waals surface area (Å²) in [5.41, 5.74) is 4.66. The molecule has 202 valence electrons. The molecule has 9 atom stereocenters. The van der Waals surface area contributed by atoms with E-state index >= 15 is 0 Å². The first-order valence-electron chi connectivity index (χ1n) is 10.3. The smallest absolute Gasteiger partial charge is 0.389 e. The van der Waals surface area contributed by atoms with E-state index in [9.17, 15) is 44.1 Å². The number of phosphoric acid groups is 2. The molecule has 4 rings (SSSR count). The lowest BCUT2D eigenvalue weighted by Gasteiger charge is -2.21.